The number of carbonyl (C=O) groups is 1. The van der Waals surface area contributed by atoms with E-state index in [4.69, 9.17) is 4.74 Å². The van der Waals surface area contributed by atoms with Crippen LogP contribution in [0.1, 0.15) is 24.0 Å². The van der Waals surface area contributed by atoms with E-state index in [-0.39, 0.29) is 18.0 Å². The Kier molecular flexibility index (Phi) is 6.04. The molecule has 1 atom stereocenters. The van der Waals surface area contributed by atoms with Crippen LogP contribution in [0.5, 0.6) is 0 Å². The topological polar surface area (TPSA) is 41.6 Å². The molecule has 1 N–H and O–H groups in total. The Labute approximate surface area is 137 Å². The van der Waals surface area contributed by atoms with Crippen molar-refractivity contribution in [2.45, 2.75) is 25.6 Å². The lowest BCUT2D eigenvalue weighted by atomic mass is 9.99. The van der Waals surface area contributed by atoms with Crippen LogP contribution in [0.2, 0.25) is 0 Å². The third kappa shape index (κ3) is 4.83. The van der Waals surface area contributed by atoms with Gasteiger partial charge in [-0.05, 0) is 30.5 Å². The predicted octanol–water partition coefficient (Wildman–Crippen LogP) is 3.41. The number of methoxy groups -OCH3 is 1. The van der Waals surface area contributed by atoms with Gasteiger partial charge in [-0.25, -0.2) is 9.18 Å². The third-order valence-corrected chi connectivity index (χ3v) is 4.02. The first-order valence-electron chi connectivity index (χ1n) is 7.68. The normalized spacial score (nSPS) is 18.5. The molecule has 1 aliphatic rings. The number of likely N-dealkylation sites (tertiary alicyclic amines) is 1. The summed E-state index contributed by atoms with van der Waals surface area (Å²) in [6.07, 6.45) is -2.89. The number of carbonyl (C=O) groups excluding carboxylic acids is 1. The van der Waals surface area contributed by atoms with E-state index in [2.05, 4.69) is 5.32 Å². The molecule has 8 heteroatoms. The maximum Gasteiger partial charge on any atom is 0.416 e. The summed E-state index contributed by atoms with van der Waals surface area (Å²) in [6, 6.07) is 2.01. The minimum atomic E-state index is -4.67. The van der Waals surface area contributed by atoms with E-state index in [1.54, 1.807) is 12.0 Å². The van der Waals surface area contributed by atoms with Crippen molar-refractivity contribution >= 4 is 6.03 Å². The molecule has 0 aliphatic carbocycles. The van der Waals surface area contributed by atoms with Crippen LogP contribution in [0.25, 0.3) is 0 Å². The van der Waals surface area contributed by atoms with Crippen LogP contribution in [-0.2, 0) is 17.5 Å². The van der Waals surface area contributed by atoms with Gasteiger partial charge in [0.25, 0.3) is 0 Å². The molecule has 134 valence electrons. The highest BCUT2D eigenvalue weighted by Crippen LogP contribution is 2.32. The lowest BCUT2D eigenvalue weighted by Gasteiger charge is -2.32. The molecule has 1 heterocycles. The summed E-state index contributed by atoms with van der Waals surface area (Å²) in [4.78, 5) is 13.7. The van der Waals surface area contributed by atoms with Crippen molar-refractivity contribution in [1.29, 1.82) is 0 Å². The molecule has 0 spiro atoms. The van der Waals surface area contributed by atoms with Gasteiger partial charge in [-0.1, -0.05) is 6.07 Å². The lowest BCUT2D eigenvalue weighted by Crippen LogP contribution is -2.46. The van der Waals surface area contributed by atoms with Crippen molar-refractivity contribution in [3.8, 4) is 0 Å². The van der Waals surface area contributed by atoms with Gasteiger partial charge in [-0.2, -0.15) is 13.2 Å². The van der Waals surface area contributed by atoms with Crippen LogP contribution >= 0.6 is 0 Å². The number of rotatable bonds is 4. The summed E-state index contributed by atoms with van der Waals surface area (Å²) in [6.45, 7) is 1.30. The fourth-order valence-electron chi connectivity index (χ4n) is 2.87. The molecule has 1 unspecified atom stereocenters. The van der Waals surface area contributed by atoms with Crippen LogP contribution in [0, 0.1) is 11.7 Å². The highest BCUT2D eigenvalue weighted by Gasteiger charge is 2.34. The number of alkyl halides is 3. The lowest BCUT2D eigenvalue weighted by molar-refractivity contribution is -0.138. The predicted molar refractivity (Wildman–Crippen MR) is 79.8 cm³/mol. The molecule has 1 fully saturated rings. The summed E-state index contributed by atoms with van der Waals surface area (Å²) >= 11 is 0. The standard InChI is InChI=1S/C16H20F4N2O2/c1-24-10-11-3-2-6-22(9-11)15(23)21-8-12-4-5-13(17)7-14(12)16(18,19)20/h4-5,7,11H,2-3,6,8-10H2,1H3,(H,21,23). The van der Waals surface area contributed by atoms with E-state index >= 15 is 0 Å². The molecule has 1 saturated heterocycles. The maximum atomic E-state index is 13.1. The molecule has 4 nitrogen and oxygen atoms in total. The number of urea groups is 1. The van der Waals surface area contributed by atoms with Gasteiger partial charge >= 0.3 is 12.2 Å². The van der Waals surface area contributed by atoms with Gasteiger partial charge < -0.3 is 15.0 Å². The molecule has 2 rings (SSSR count). The van der Waals surface area contributed by atoms with Crippen molar-refractivity contribution in [1.82, 2.24) is 10.2 Å². The second-order valence-electron chi connectivity index (χ2n) is 5.87. The van der Waals surface area contributed by atoms with Gasteiger partial charge in [0.05, 0.1) is 12.2 Å². The number of hydrogen-bond donors (Lipinski definition) is 1. The zero-order chi connectivity index (χ0) is 17.7. The van der Waals surface area contributed by atoms with E-state index < -0.39 is 23.6 Å². The van der Waals surface area contributed by atoms with Crippen molar-refractivity contribution < 1.29 is 27.1 Å². The third-order valence-electron chi connectivity index (χ3n) is 4.02. The zero-order valence-electron chi connectivity index (χ0n) is 13.3. The van der Waals surface area contributed by atoms with Crippen LogP contribution < -0.4 is 5.32 Å². The molecule has 0 radical (unpaired) electrons. The average molecular weight is 348 g/mol. The van der Waals surface area contributed by atoms with Crippen molar-refractivity contribution in [2.75, 3.05) is 26.8 Å². The number of ether oxygens (including phenoxy) is 1. The second-order valence-corrected chi connectivity index (χ2v) is 5.87. The van der Waals surface area contributed by atoms with Gasteiger partial charge in [-0.15, -0.1) is 0 Å². The number of hydrogen-bond acceptors (Lipinski definition) is 2. The van der Waals surface area contributed by atoms with E-state index in [0.717, 1.165) is 25.0 Å². The fourth-order valence-corrected chi connectivity index (χ4v) is 2.87. The minimum absolute atomic E-state index is 0.164. The molecule has 0 aromatic heterocycles. The molecule has 0 saturated carbocycles. The van der Waals surface area contributed by atoms with Gasteiger partial charge in [-0.3, -0.25) is 0 Å². The Hall–Kier alpha value is -1.83. The Bertz CT molecular complexity index is 576. The highest BCUT2D eigenvalue weighted by atomic mass is 19.4. The Morgan fingerprint density at radius 1 is 1.42 bits per heavy atom. The molecule has 1 aromatic carbocycles. The highest BCUT2D eigenvalue weighted by molar-refractivity contribution is 5.74. The Balaban J connectivity index is 1.99. The molecular weight excluding hydrogens is 328 g/mol. The molecular formula is C16H20F4N2O2. The first-order valence-corrected chi connectivity index (χ1v) is 7.68. The fraction of sp³-hybridized carbons (Fsp3) is 0.562. The van der Waals surface area contributed by atoms with Crippen LogP contribution in [-0.4, -0.2) is 37.7 Å². The number of amides is 2. The SMILES string of the molecule is COCC1CCCN(C(=O)NCc2ccc(F)cc2C(F)(F)F)C1. The molecule has 24 heavy (non-hydrogen) atoms. The Morgan fingerprint density at radius 3 is 2.83 bits per heavy atom. The number of benzene rings is 1. The van der Waals surface area contributed by atoms with Crippen molar-refractivity contribution in [2.24, 2.45) is 5.92 Å². The minimum Gasteiger partial charge on any atom is -0.384 e. The monoisotopic (exact) mass is 348 g/mol. The molecule has 1 aliphatic heterocycles. The quantitative estimate of drug-likeness (QED) is 0.848. The van der Waals surface area contributed by atoms with Gasteiger partial charge in [0.15, 0.2) is 0 Å². The summed E-state index contributed by atoms with van der Waals surface area (Å²) in [7, 11) is 1.59. The van der Waals surface area contributed by atoms with Crippen molar-refractivity contribution in [3.05, 3.63) is 35.1 Å². The van der Waals surface area contributed by atoms with E-state index in [1.807, 2.05) is 0 Å². The van der Waals surface area contributed by atoms with Gasteiger partial charge in [0, 0.05) is 32.7 Å². The van der Waals surface area contributed by atoms with Crippen LogP contribution in [0.15, 0.2) is 18.2 Å². The van der Waals surface area contributed by atoms with Crippen LogP contribution in [0.4, 0.5) is 22.4 Å². The molecule has 2 amide bonds. The second kappa shape index (κ2) is 7.83. The van der Waals surface area contributed by atoms with Crippen LogP contribution in [0.3, 0.4) is 0 Å². The molecule has 0 bridgehead atoms. The summed E-state index contributed by atoms with van der Waals surface area (Å²) in [5, 5.41) is 2.49. The largest absolute Gasteiger partial charge is 0.416 e. The number of nitrogens with one attached hydrogen (secondary N) is 1. The number of halogens is 4. The van der Waals surface area contributed by atoms with Gasteiger partial charge in [0.1, 0.15) is 5.82 Å². The summed E-state index contributed by atoms with van der Waals surface area (Å²) in [5.74, 6) is -0.734. The first kappa shape index (κ1) is 18.5. The van der Waals surface area contributed by atoms with E-state index in [9.17, 15) is 22.4 Å². The van der Waals surface area contributed by atoms with Gasteiger partial charge in [0.2, 0.25) is 0 Å². The number of piperidine rings is 1. The van der Waals surface area contributed by atoms with E-state index in [1.165, 1.54) is 0 Å². The first-order chi connectivity index (χ1) is 11.3. The Morgan fingerprint density at radius 2 is 2.17 bits per heavy atom. The molecule has 1 aromatic rings. The zero-order valence-corrected chi connectivity index (χ0v) is 13.3. The number of nitrogens with zero attached hydrogens (tertiary/aromatic N) is 1. The maximum absolute atomic E-state index is 13.1. The smallest absolute Gasteiger partial charge is 0.384 e. The average Bonchev–Trinajstić information content (AvgIpc) is 2.53. The van der Waals surface area contributed by atoms with E-state index in [0.29, 0.717) is 25.8 Å². The summed E-state index contributed by atoms with van der Waals surface area (Å²) < 4.78 is 57.0. The van der Waals surface area contributed by atoms with Crippen molar-refractivity contribution in [3.63, 3.8) is 0 Å². The summed E-state index contributed by atoms with van der Waals surface area (Å²) in [5.41, 5.74) is -1.23.